The monoisotopic (exact) mass is 250 g/mol. The molecule has 1 amide bonds. The topological polar surface area (TPSA) is 50.4 Å². The van der Waals surface area contributed by atoms with Crippen LogP contribution in [0.2, 0.25) is 0 Å². The van der Waals surface area contributed by atoms with Crippen LogP contribution in [0.15, 0.2) is 24.3 Å². The fraction of sp³-hybridized carbons (Fsp3) is 0.500. The highest BCUT2D eigenvalue weighted by atomic mass is 16.5. The van der Waals surface area contributed by atoms with Gasteiger partial charge in [-0.2, -0.15) is 0 Å². The van der Waals surface area contributed by atoms with Gasteiger partial charge in [-0.1, -0.05) is 18.2 Å². The number of rotatable bonds is 6. The Morgan fingerprint density at radius 1 is 1.33 bits per heavy atom. The van der Waals surface area contributed by atoms with Gasteiger partial charge in [-0.05, 0) is 31.9 Å². The number of ether oxygens (including phenoxy) is 1. The first kappa shape index (κ1) is 14.5. The summed E-state index contributed by atoms with van der Waals surface area (Å²) in [5.74, 6) is 0.889. The van der Waals surface area contributed by atoms with E-state index in [9.17, 15) is 4.79 Å². The SMILES string of the molecule is CNC(=O)C(C)NC(C)Cc1ccccc1OC. The number of benzene rings is 1. The molecule has 100 valence electrons. The first-order valence-electron chi connectivity index (χ1n) is 6.18. The first-order chi connectivity index (χ1) is 8.58. The second-order valence-corrected chi connectivity index (χ2v) is 4.42. The molecule has 0 aliphatic carbocycles. The minimum atomic E-state index is -0.195. The second kappa shape index (κ2) is 7.01. The maximum atomic E-state index is 11.4. The van der Waals surface area contributed by atoms with Gasteiger partial charge in [0.2, 0.25) is 5.91 Å². The lowest BCUT2D eigenvalue weighted by Crippen LogP contribution is -2.45. The Kier molecular flexibility index (Phi) is 5.65. The highest BCUT2D eigenvalue weighted by Crippen LogP contribution is 2.18. The van der Waals surface area contributed by atoms with Gasteiger partial charge in [0.05, 0.1) is 13.2 Å². The molecule has 2 atom stereocenters. The fourth-order valence-electron chi connectivity index (χ4n) is 1.98. The van der Waals surface area contributed by atoms with Crippen LogP contribution < -0.4 is 15.4 Å². The summed E-state index contributed by atoms with van der Waals surface area (Å²) < 4.78 is 5.31. The quantitative estimate of drug-likeness (QED) is 0.801. The van der Waals surface area contributed by atoms with Gasteiger partial charge < -0.3 is 15.4 Å². The normalized spacial score (nSPS) is 13.8. The highest BCUT2D eigenvalue weighted by Gasteiger charge is 2.15. The van der Waals surface area contributed by atoms with Gasteiger partial charge in [0, 0.05) is 13.1 Å². The van der Waals surface area contributed by atoms with Gasteiger partial charge in [0.25, 0.3) is 0 Å². The maximum absolute atomic E-state index is 11.4. The number of amides is 1. The summed E-state index contributed by atoms with van der Waals surface area (Å²) in [6, 6.07) is 7.94. The lowest BCUT2D eigenvalue weighted by molar-refractivity contribution is -0.122. The van der Waals surface area contributed by atoms with E-state index in [1.807, 2.05) is 31.2 Å². The number of carbonyl (C=O) groups is 1. The number of hydrogen-bond donors (Lipinski definition) is 2. The summed E-state index contributed by atoms with van der Waals surface area (Å²) in [6.07, 6.45) is 0.825. The number of para-hydroxylation sites is 1. The third-order valence-electron chi connectivity index (χ3n) is 2.89. The third-order valence-corrected chi connectivity index (χ3v) is 2.89. The van der Waals surface area contributed by atoms with Crippen molar-refractivity contribution in [3.63, 3.8) is 0 Å². The summed E-state index contributed by atoms with van der Waals surface area (Å²) in [6.45, 7) is 3.92. The molecule has 4 heteroatoms. The standard InChI is InChI=1S/C14H22N2O2/c1-10(16-11(2)14(17)15-3)9-12-7-5-6-8-13(12)18-4/h5-8,10-11,16H,9H2,1-4H3,(H,15,17). The summed E-state index contributed by atoms with van der Waals surface area (Å²) in [5, 5.41) is 5.89. The smallest absolute Gasteiger partial charge is 0.236 e. The van der Waals surface area contributed by atoms with Crippen molar-refractivity contribution in [1.82, 2.24) is 10.6 Å². The molecule has 0 aliphatic heterocycles. The molecule has 0 radical (unpaired) electrons. The Bertz CT molecular complexity index is 393. The molecular weight excluding hydrogens is 228 g/mol. The van der Waals surface area contributed by atoms with Crippen LogP contribution in [0.3, 0.4) is 0 Å². The number of nitrogens with one attached hydrogen (secondary N) is 2. The van der Waals surface area contributed by atoms with E-state index in [2.05, 4.69) is 17.6 Å². The molecule has 18 heavy (non-hydrogen) atoms. The molecule has 0 aliphatic rings. The predicted octanol–water partition coefficient (Wildman–Crippen LogP) is 1.35. The molecule has 0 spiro atoms. The largest absolute Gasteiger partial charge is 0.496 e. The Balaban J connectivity index is 2.59. The lowest BCUT2D eigenvalue weighted by atomic mass is 10.1. The van der Waals surface area contributed by atoms with Crippen LogP contribution in [-0.4, -0.2) is 32.1 Å². The van der Waals surface area contributed by atoms with E-state index < -0.39 is 0 Å². The van der Waals surface area contributed by atoms with Gasteiger partial charge in [0.1, 0.15) is 5.75 Å². The maximum Gasteiger partial charge on any atom is 0.236 e. The van der Waals surface area contributed by atoms with Crippen molar-refractivity contribution in [2.24, 2.45) is 0 Å². The van der Waals surface area contributed by atoms with E-state index in [-0.39, 0.29) is 18.0 Å². The van der Waals surface area contributed by atoms with Crippen LogP contribution in [0, 0.1) is 0 Å². The third kappa shape index (κ3) is 4.04. The zero-order valence-electron chi connectivity index (χ0n) is 11.5. The van der Waals surface area contributed by atoms with Crippen molar-refractivity contribution >= 4 is 5.91 Å². The van der Waals surface area contributed by atoms with Crippen LogP contribution in [0.5, 0.6) is 5.75 Å². The molecule has 2 N–H and O–H groups in total. The van der Waals surface area contributed by atoms with Crippen LogP contribution in [0.1, 0.15) is 19.4 Å². The first-order valence-corrected chi connectivity index (χ1v) is 6.18. The van der Waals surface area contributed by atoms with Crippen molar-refractivity contribution in [3.05, 3.63) is 29.8 Å². The van der Waals surface area contributed by atoms with Gasteiger partial charge in [-0.25, -0.2) is 0 Å². The molecule has 0 saturated heterocycles. The minimum absolute atomic E-state index is 0.00174. The van der Waals surface area contributed by atoms with Crippen molar-refractivity contribution in [3.8, 4) is 5.75 Å². The Morgan fingerprint density at radius 2 is 2.00 bits per heavy atom. The van der Waals surface area contributed by atoms with E-state index >= 15 is 0 Å². The molecule has 0 bridgehead atoms. The Hall–Kier alpha value is -1.55. The molecule has 0 fully saturated rings. The predicted molar refractivity (Wildman–Crippen MR) is 72.8 cm³/mol. The van der Waals surface area contributed by atoms with E-state index in [0.29, 0.717) is 0 Å². The Morgan fingerprint density at radius 3 is 2.61 bits per heavy atom. The number of hydrogen-bond acceptors (Lipinski definition) is 3. The molecule has 1 rings (SSSR count). The minimum Gasteiger partial charge on any atom is -0.496 e. The van der Waals surface area contributed by atoms with Crippen molar-refractivity contribution in [2.45, 2.75) is 32.4 Å². The highest BCUT2D eigenvalue weighted by molar-refractivity contribution is 5.80. The summed E-state index contributed by atoms with van der Waals surface area (Å²) in [4.78, 5) is 11.4. The van der Waals surface area contributed by atoms with Crippen molar-refractivity contribution < 1.29 is 9.53 Å². The molecule has 4 nitrogen and oxygen atoms in total. The molecule has 0 heterocycles. The fourth-order valence-corrected chi connectivity index (χ4v) is 1.98. The van der Waals surface area contributed by atoms with Crippen LogP contribution in [0.25, 0.3) is 0 Å². The number of likely N-dealkylation sites (N-methyl/N-ethyl adjacent to an activating group) is 1. The summed E-state index contributed by atoms with van der Waals surface area (Å²) in [5.41, 5.74) is 1.14. The summed E-state index contributed by atoms with van der Waals surface area (Å²) >= 11 is 0. The van der Waals surface area contributed by atoms with Crippen LogP contribution in [-0.2, 0) is 11.2 Å². The zero-order valence-corrected chi connectivity index (χ0v) is 11.5. The van der Waals surface area contributed by atoms with E-state index in [0.717, 1.165) is 17.7 Å². The second-order valence-electron chi connectivity index (χ2n) is 4.42. The average Bonchev–Trinajstić information content (AvgIpc) is 2.38. The van der Waals surface area contributed by atoms with Gasteiger partial charge in [-0.15, -0.1) is 0 Å². The molecule has 0 aromatic heterocycles. The summed E-state index contributed by atoms with van der Waals surface area (Å²) in [7, 11) is 3.31. The molecule has 0 saturated carbocycles. The van der Waals surface area contributed by atoms with Crippen molar-refractivity contribution in [2.75, 3.05) is 14.2 Å². The lowest BCUT2D eigenvalue weighted by Gasteiger charge is -2.19. The van der Waals surface area contributed by atoms with Gasteiger partial charge in [0.15, 0.2) is 0 Å². The number of carbonyl (C=O) groups excluding carboxylic acids is 1. The molecular formula is C14H22N2O2. The Labute approximate surface area is 109 Å². The van der Waals surface area contributed by atoms with E-state index in [1.54, 1.807) is 14.2 Å². The average molecular weight is 250 g/mol. The molecule has 1 aromatic rings. The van der Waals surface area contributed by atoms with Gasteiger partial charge >= 0.3 is 0 Å². The van der Waals surface area contributed by atoms with Crippen molar-refractivity contribution in [1.29, 1.82) is 0 Å². The zero-order chi connectivity index (χ0) is 13.5. The van der Waals surface area contributed by atoms with E-state index in [4.69, 9.17) is 4.74 Å². The van der Waals surface area contributed by atoms with Crippen LogP contribution in [0.4, 0.5) is 0 Å². The molecule has 1 aromatic carbocycles. The van der Waals surface area contributed by atoms with Crippen LogP contribution >= 0.6 is 0 Å². The number of methoxy groups -OCH3 is 1. The molecule has 2 unspecified atom stereocenters. The van der Waals surface area contributed by atoms with Gasteiger partial charge in [-0.3, -0.25) is 4.79 Å². The van der Waals surface area contributed by atoms with E-state index in [1.165, 1.54) is 0 Å².